The number of aliphatic hydroxyl groups is 1. The molecule has 0 heterocycles. The van der Waals surface area contributed by atoms with E-state index < -0.39 is 0 Å². The monoisotopic (exact) mass is 166 g/mol. The molecule has 2 aliphatic rings. The van der Waals surface area contributed by atoms with Crippen molar-refractivity contribution in [1.29, 1.82) is 0 Å². The molecule has 0 radical (unpaired) electrons. The van der Waals surface area contributed by atoms with Crippen molar-refractivity contribution < 1.29 is 5.11 Å². The third kappa shape index (κ3) is 1.11. The van der Waals surface area contributed by atoms with Crippen LogP contribution in [0.3, 0.4) is 0 Å². The molecule has 68 valence electrons. The average Bonchev–Trinajstić information content (AvgIpc) is 2.44. The molecular formula is C11H18O. The van der Waals surface area contributed by atoms with Crippen molar-refractivity contribution >= 4 is 0 Å². The Morgan fingerprint density at radius 2 is 1.67 bits per heavy atom. The maximum absolute atomic E-state index is 10.2. The molecule has 0 aromatic heterocycles. The normalized spacial score (nSPS) is 27.0. The summed E-state index contributed by atoms with van der Waals surface area (Å²) in [7, 11) is 0. The van der Waals surface area contributed by atoms with Gasteiger partial charge in [-0.15, -0.1) is 0 Å². The van der Waals surface area contributed by atoms with E-state index in [9.17, 15) is 5.11 Å². The van der Waals surface area contributed by atoms with Crippen LogP contribution in [0.4, 0.5) is 0 Å². The van der Waals surface area contributed by atoms with Crippen molar-refractivity contribution in [2.75, 3.05) is 0 Å². The Morgan fingerprint density at radius 3 is 2.08 bits per heavy atom. The second-order valence-corrected chi connectivity index (χ2v) is 4.67. The van der Waals surface area contributed by atoms with Crippen molar-refractivity contribution in [2.45, 2.75) is 51.6 Å². The topological polar surface area (TPSA) is 20.2 Å². The standard InChI is InChI=1S/C11H18O/c1-8(2)11(12)6-9-4-3-5-10(9)7-11/h8,12H,3-7H2,1-2H3. The predicted molar refractivity (Wildman–Crippen MR) is 49.9 cm³/mol. The molecule has 0 aliphatic heterocycles. The molecule has 2 rings (SSSR count). The van der Waals surface area contributed by atoms with E-state index in [1.54, 1.807) is 11.1 Å². The summed E-state index contributed by atoms with van der Waals surface area (Å²) in [5.41, 5.74) is 2.77. The maximum Gasteiger partial charge on any atom is 0.0744 e. The molecule has 12 heavy (non-hydrogen) atoms. The fourth-order valence-electron chi connectivity index (χ4n) is 2.51. The first-order chi connectivity index (χ1) is 5.62. The average molecular weight is 166 g/mol. The molecule has 0 amide bonds. The minimum Gasteiger partial charge on any atom is -0.389 e. The lowest BCUT2D eigenvalue weighted by Crippen LogP contribution is -2.32. The van der Waals surface area contributed by atoms with Gasteiger partial charge in [-0.25, -0.2) is 0 Å². The highest BCUT2D eigenvalue weighted by atomic mass is 16.3. The second-order valence-electron chi connectivity index (χ2n) is 4.67. The van der Waals surface area contributed by atoms with Crippen LogP contribution in [-0.4, -0.2) is 10.7 Å². The van der Waals surface area contributed by atoms with Gasteiger partial charge in [0.25, 0.3) is 0 Å². The zero-order valence-corrected chi connectivity index (χ0v) is 8.06. The molecule has 0 aromatic carbocycles. The van der Waals surface area contributed by atoms with E-state index in [0.29, 0.717) is 5.92 Å². The van der Waals surface area contributed by atoms with Crippen LogP contribution in [0.15, 0.2) is 11.1 Å². The van der Waals surface area contributed by atoms with Gasteiger partial charge in [-0.3, -0.25) is 0 Å². The summed E-state index contributed by atoms with van der Waals surface area (Å²) < 4.78 is 0. The molecule has 0 fully saturated rings. The Balaban J connectivity index is 2.12. The van der Waals surface area contributed by atoms with E-state index in [-0.39, 0.29) is 5.60 Å². The highest BCUT2D eigenvalue weighted by Gasteiger charge is 2.40. The molecule has 0 spiro atoms. The van der Waals surface area contributed by atoms with Crippen LogP contribution in [0.1, 0.15) is 46.0 Å². The van der Waals surface area contributed by atoms with Gasteiger partial charge in [0, 0.05) is 0 Å². The van der Waals surface area contributed by atoms with Crippen LogP contribution in [0.2, 0.25) is 0 Å². The number of hydrogen-bond donors (Lipinski definition) is 1. The molecule has 1 heteroatoms. The highest BCUT2D eigenvalue weighted by molar-refractivity contribution is 5.29. The van der Waals surface area contributed by atoms with Crippen molar-refractivity contribution in [3.63, 3.8) is 0 Å². The lowest BCUT2D eigenvalue weighted by atomic mass is 9.85. The van der Waals surface area contributed by atoms with E-state index >= 15 is 0 Å². The minimum absolute atomic E-state index is 0.384. The zero-order chi connectivity index (χ0) is 8.77. The highest BCUT2D eigenvalue weighted by Crippen LogP contribution is 2.46. The molecule has 0 saturated carbocycles. The summed E-state index contributed by atoms with van der Waals surface area (Å²) >= 11 is 0. The first-order valence-electron chi connectivity index (χ1n) is 5.04. The van der Waals surface area contributed by atoms with Crippen molar-refractivity contribution in [3.8, 4) is 0 Å². The molecule has 1 N–H and O–H groups in total. The van der Waals surface area contributed by atoms with Gasteiger partial charge in [-0.2, -0.15) is 0 Å². The molecule has 0 unspecified atom stereocenters. The molecule has 1 nitrogen and oxygen atoms in total. The third-order valence-corrected chi connectivity index (χ3v) is 3.57. The Hall–Kier alpha value is -0.300. The van der Waals surface area contributed by atoms with Gasteiger partial charge in [0.2, 0.25) is 0 Å². The SMILES string of the molecule is CC(C)C1(O)CC2=C(CCC2)C1. The van der Waals surface area contributed by atoms with Crippen LogP contribution in [-0.2, 0) is 0 Å². The fourth-order valence-corrected chi connectivity index (χ4v) is 2.51. The van der Waals surface area contributed by atoms with Crippen LogP contribution >= 0.6 is 0 Å². The molecule has 0 bridgehead atoms. The van der Waals surface area contributed by atoms with Gasteiger partial charge in [0.15, 0.2) is 0 Å². The molecule has 2 aliphatic carbocycles. The smallest absolute Gasteiger partial charge is 0.0744 e. The van der Waals surface area contributed by atoms with Crippen LogP contribution < -0.4 is 0 Å². The van der Waals surface area contributed by atoms with Crippen LogP contribution in [0, 0.1) is 5.92 Å². The Labute approximate surface area is 74.5 Å². The van der Waals surface area contributed by atoms with E-state index in [2.05, 4.69) is 13.8 Å². The summed E-state index contributed by atoms with van der Waals surface area (Å²) in [5, 5.41) is 10.2. The molecular weight excluding hydrogens is 148 g/mol. The fraction of sp³-hybridized carbons (Fsp3) is 0.818. The molecule has 0 saturated heterocycles. The summed E-state index contributed by atoms with van der Waals surface area (Å²) in [6.45, 7) is 4.25. The van der Waals surface area contributed by atoms with E-state index in [4.69, 9.17) is 0 Å². The Morgan fingerprint density at radius 1 is 1.17 bits per heavy atom. The number of rotatable bonds is 1. The van der Waals surface area contributed by atoms with Gasteiger partial charge in [-0.1, -0.05) is 25.0 Å². The Bertz CT molecular complexity index is 209. The van der Waals surface area contributed by atoms with E-state index in [0.717, 1.165) is 12.8 Å². The first kappa shape index (κ1) is 8.31. The van der Waals surface area contributed by atoms with Crippen molar-refractivity contribution in [3.05, 3.63) is 11.1 Å². The summed E-state index contributed by atoms with van der Waals surface area (Å²) in [4.78, 5) is 0. The molecule has 0 aromatic rings. The van der Waals surface area contributed by atoms with Crippen molar-refractivity contribution in [1.82, 2.24) is 0 Å². The summed E-state index contributed by atoms with van der Waals surface area (Å²) in [5.74, 6) is 0.406. The van der Waals surface area contributed by atoms with Crippen LogP contribution in [0.25, 0.3) is 0 Å². The number of hydrogen-bond acceptors (Lipinski definition) is 1. The van der Waals surface area contributed by atoms with Gasteiger partial charge < -0.3 is 5.11 Å². The quantitative estimate of drug-likeness (QED) is 0.594. The minimum atomic E-state index is -0.384. The largest absolute Gasteiger partial charge is 0.389 e. The van der Waals surface area contributed by atoms with E-state index in [1.807, 2.05) is 0 Å². The summed E-state index contributed by atoms with van der Waals surface area (Å²) in [6.07, 6.45) is 5.76. The van der Waals surface area contributed by atoms with Gasteiger partial charge in [-0.05, 0) is 38.0 Å². The van der Waals surface area contributed by atoms with Gasteiger partial charge >= 0.3 is 0 Å². The van der Waals surface area contributed by atoms with Crippen molar-refractivity contribution in [2.24, 2.45) is 5.92 Å². The second kappa shape index (κ2) is 2.59. The lowest BCUT2D eigenvalue weighted by Gasteiger charge is -2.28. The Kier molecular flexibility index (Phi) is 1.80. The zero-order valence-electron chi connectivity index (χ0n) is 8.06. The summed E-state index contributed by atoms with van der Waals surface area (Å²) in [6, 6.07) is 0. The van der Waals surface area contributed by atoms with Gasteiger partial charge in [0.1, 0.15) is 0 Å². The maximum atomic E-state index is 10.2. The predicted octanol–water partition coefficient (Wildman–Crippen LogP) is 2.65. The van der Waals surface area contributed by atoms with E-state index in [1.165, 1.54) is 19.3 Å². The van der Waals surface area contributed by atoms with Gasteiger partial charge in [0.05, 0.1) is 5.60 Å². The first-order valence-corrected chi connectivity index (χ1v) is 5.04. The molecule has 0 atom stereocenters. The lowest BCUT2D eigenvalue weighted by molar-refractivity contribution is 0.00332. The third-order valence-electron chi connectivity index (χ3n) is 3.57. The van der Waals surface area contributed by atoms with Crippen LogP contribution in [0.5, 0.6) is 0 Å².